The maximum Gasteiger partial charge on any atom is 0.261 e. The predicted molar refractivity (Wildman–Crippen MR) is 48.6 cm³/mol. The molecule has 0 aliphatic carbocycles. The number of hydrogen-bond acceptors (Lipinski definition) is 3. The number of alkyl halides is 2. The molecule has 0 aliphatic heterocycles. The summed E-state index contributed by atoms with van der Waals surface area (Å²) in [4.78, 5) is 0. The van der Waals surface area contributed by atoms with Gasteiger partial charge >= 0.3 is 0 Å². The molecule has 0 amide bonds. The van der Waals surface area contributed by atoms with Crippen molar-refractivity contribution in [3.63, 3.8) is 0 Å². The first-order valence-corrected chi connectivity index (χ1v) is 4.69. The van der Waals surface area contributed by atoms with Gasteiger partial charge in [-0.2, -0.15) is 0 Å². The van der Waals surface area contributed by atoms with Crippen molar-refractivity contribution in [2.24, 2.45) is 0 Å². The van der Waals surface area contributed by atoms with E-state index >= 15 is 0 Å². The summed E-state index contributed by atoms with van der Waals surface area (Å²) >= 11 is 0. The van der Waals surface area contributed by atoms with Crippen LogP contribution >= 0.6 is 0 Å². The van der Waals surface area contributed by atoms with E-state index in [2.05, 4.69) is 4.74 Å². The minimum atomic E-state index is -2.43. The molecular formula is C9H18F2O3. The predicted octanol–water partition coefficient (Wildman–Crippen LogP) is 1.45. The SMILES string of the molecule is COCCCC(O)CCOCC(F)F. The van der Waals surface area contributed by atoms with Crippen LogP contribution in [0.4, 0.5) is 8.78 Å². The van der Waals surface area contributed by atoms with E-state index in [4.69, 9.17) is 4.74 Å². The number of ether oxygens (including phenoxy) is 2. The van der Waals surface area contributed by atoms with Gasteiger partial charge in [0, 0.05) is 20.3 Å². The molecule has 0 aliphatic rings. The molecule has 0 saturated heterocycles. The Morgan fingerprint density at radius 1 is 1.21 bits per heavy atom. The molecule has 86 valence electrons. The zero-order chi connectivity index (χ0) is 10.8. The van der Waals surface area contributed by atoms with Gasteiger partial charge in [0.15, 0.2) is 0 Å². The lowest BCUT2D eigenvalue weighted by Crippen LogP contribution is -2.13. The highest BCUT2D eigenvalue weighted by atomic mass is 19.3. The summed E-state index contributed by atoms with van der Waals surface area (Å²) in [6.45, 7) is 0.234. The molecule has 1 atom stereocenters. The van der Waals surface area contributed by atoms with E-state index in [0.29, 0.717) is 19.4 Å². The van der Waals surface area contributed by atoms with Gasteiger partial charge < -0.3 is 14.6 Å². The van der Waals surface area contributed by atoms with Gasteiger partial charge in [-0.1, -0.05) is 0 Å². The van der Waals surface area contributed by atoms with Crippen molar-refractivity contribution in [2.45, 2.75) is 31.8 Å². The second-order valence-electron chi connectivity index (χ2n) is 3.04. The molecule has 1 N–H and O–H groups in total. The van der Waals surface area contributed by atoms with E-state index in [9.17, 15) is 13.9 Å². The van der Waals surface area contributed by atoms with E-state index in [1.165, 1.54) is 0 Å². The third-order valence-electron chi connectivity index (χ3n) is 1.73. The Kier molecular flexibility index (Phi) is 9.13. The number of aliphatic hydroxyl groups is 1. The van der Waals surface area contributed by atoms with Crippen LogP contribution in [-0.2, 0) is 9.47 Å². The average molecular weight is 212 g/mol. The van der Waals surface area contributed by atoms with Crippen LogP contribution in [0.25, 0.3) is 0 Å². The number of rotatable bonds is 9. The fourth-order valence-corrected chi connectivity index (χ4v) is 0.999. The van der Waals surface area contributed by atoms with Crippen molar-refractivity contribution in [2.75, 3.05) is 26.9 Å². The topological polar surface area (TPSA) is 38.7 Å². The summed E-state index contributed by atoms with van der Waals surface area (Å²) in [5.74, 6) is 0. The zero-order valence-electron chi connectivity index (χ0n) is 8.42. The van der Waals surface area contributed by atoms with Crippen LogP contribution in [0.1, 0.15) is 19.3 Å². The molecule has 0 aromatic heterocycles. The van der Waals surface area contributed by atoms with E-state index in [-0.39, 0.29) is 6.61 Å². The van der Waals surface area contributed by atoms with Crippen molar-refractivity contribution in [3.05, 3.63) is 0 Å². The molecule has 0 fully saturated rings. The minimum Gasteiger partial charge on any atom is -0.393 e. The number of halogens is 2. The molecule has 3 nitrogen and oxygen atoms in total. The highest BCUT2D eigenvalue weighted by Gasteiger charge is 2.05. The van der Waals surface area contributed by atoms with Crippen molar-refractivity contribution in [1.82, 2.24) is 0 Å². The number of methoxy groups -OCH3 is 1. The van der Waals surface area contributed by atoms with Crippen LogP contribution in [0.2, 0.25) is 0 Å². The van der Waals surface area contributed by atoms with Crippen LogP contribution in [0.15, 0.2) is 0 Å². The van der Waals surface area contributed by atoms with Crippen LogP contribution < -0.4 is 0 Å². The van der Waals surface area contributed by atoms with E-state index < -0.39 is 19.1 Å². The lowest BCUT2D eigenvalue weighted by Gasteiger charge is -2.10. The molecule has 0 spiro atoms. The molecule has 1 unspecified atom stereocenters. The fourth-order valence-electron chi connectivity index (χ4n) is 0.999. The Labute approximate surface area is 83.0 Å². The normalized spacial score (nSPS) is 13.5. The van der Waals surface area contributed by atoms with Gasteiger partial charge in [0.05, 0.1) is 6.10 Å². The Morgan fingerprint density at radius 3 is 2.50 bits per heavy atom. The Morgan fingerprint density at radius 2 is 1.93 bits per heavy atom. The maximum atomic E-state index is 11.6. The van der Waals surface area contributed by atoms with Crippen molar-refractivity contribution < 1.29 is 23.4 Å². The van der Waals surface area contributed by atoms with Crippen LogP contribution in [0, 0.1) is 0 Å². The van der Waals surface area contributed by atoms with Crippen LogP contribution in [0.3, 0.4) is 0 Å². The molecule has 0 bridgehead atoms. The summed E-state index contributed by atoms with van der Waals surface area (Å²) < 4.78 is 32.6. The highest BCUT2D eigenvalue weighted by Crippen LogP contribution is 2.03. The van der Waals surface area contributed by atoms with Crippen LogP contribution in [-0.4, -0.2) is 44.6 Å². The first kappa shape index (κ1) is 13.7. The summed E-state index contributed by atoms with van der Waals surface area (Å²) in [7, 11) is 1.60. The van der Waals surface area contributed by atoms with Crippen LogP contribution in [0.5, 0.6) is 0 Å². The second-order valence-corrected chi connectivity index (χ2v) is 3.04. The highest BCUT2D eigenvalue weighted by molar-refractivity contribution is 4.55. The average Bonchev–Trinajstić information content (AvgIpc) is 2.13. The summed E-state index contributed by atoms with van der Waals surface area (Å²) in [6, 6.07) is 0. The van der Waals surface area contributed by atoms with Gasteiger partial charge in [-0.25, -0.2) is 8.78 Å². The summed E-state index contributed by atoms with van der Waals surface area (Å²) in [5.41, 5.74) is 0. The van der Waals surface area contributed by atoms with Gasteiger partial charge in [0.1, 0.15) is 6.61 Å². The molecule has 0 rings (SSSR count). The quantitative estimate of drug-likeness (QED) is 0.588. The summed E-state index contributed by atoms with van der Waals surface area (Å²) in [5, 5.41) is 9.32. The monoisotopic (exact) mass is 212 g/mol. The molecule has 0 heterocycles. The second kappa shape index (κ2) is 9.30. The molecule has 5 heteroatoms. The number of aliphatic hydroxyl groups excluding tert-OH is 1. The number of hydrogen-bond donors (Lipinski definition) is 1. The summed E-state index contributed by atoms with van der Waals surface area (Å²) in [6.07, 6.45) is -1.13. The smallest absolute Gasteiger partial charge is 0.261 e. The Hall–Kier alpha value is -0.260. The maximum absolute atomic E-state index is 11.6. The molecule has 0 radical (unpaired) electrons. The largest absolute Gasteiger partial charge is 0.393 e. The molecule has 0 saturated carbocycles. The third kappa shape index (κ3) is 9.83. The minimum absolute atomic E-state index is 0.179. The standard InChI is InChI=1S/C9H18F2O3/c1-13-5-2-3-8(12)4-6-14-7-9(10)11/h8-9,12H,2-7H2,1H3. The van der Waals surface area contributed by atoms with Gasteiger partial charge in [0.25, 0.3) is 6.43 Å². The van der Waals surface area contributed by atoms with Gasteiger partial charge in [-0.3, -0.25) is 0 Å². The van der Waals surface area contributed by atoms with Crippen molar-refractivity contribution >= 4 is 0 Å². The van der Waals surface area contributed by atoms with Crippen molar-refractivity contribution in [3.8, 4) is 0 Å². The Balaban J connectivity index is 3.14. The van der Waals surface area contributed by atoms with Crippen molar-refractivity contribution in [1.29, 1.82) is 0 Å². The van der Waals surface area contributed by atoms with E-state index in [0.717, 1.165) is 6.42 Å². The Bertz CT molecular complexity index is 123. The molecule has 0 aromatic carbocycles. The van der Waals surface area contributed by atoms with Gasteiger partial charge in [-0.15, -0.1) is 0 Å². The third-order valence-corrected chi connectivity index (χ3v) is 1.73. The van der Waals surface area contributed by atoms with E-state index in [1.54, 1.807) is 7.11 Å². The molecule has 0 aromatic rings. The first-order chi connectivity index (χ1) is 6.66. The lowest BCUT2D eigenvalue weighted by atomic mass is 10.1. The first-order valence-electron chi connectivity index (χ1n) is 4.69. The fraction of sp³-hybridized carbons (Fsp3) is 1.00. The van der Waals surface area contributed by atoms with Gasteiger partial charge in [0.2, 0.25) is 0 Å². The zero-order valence-corrected chi connectivity index (χ0v) is 8.42. The van der Waals surface area contributed by atoms with E-state index in [1.807, 2.05) is 0 Å². The molecular weight excluding hydrogens is 194 g/mol. The van der Waals surface area contributed by atoms with Gasteiger partial charge in [-0.05, 0) is 19.3 Å². The molecule has 14 heavy (non-hydrogen) atoms. The lowest BCUT2D eigenvalue weighted by molar-refractivity contribution is 0.00344.